The number of carbonyl (C=O) groups is 2. The number of rotatable bonds is 1. The molecule has 1 saturated heterocycles. The lowest BCUT2D eigenvalue weighted by molar-refractivity contribution is -0.126. The van der Waals surface area contributed by atoms with E-state index < -0.39 is 11.6 Å². The minimum Gasteiger partial charge on any atom is -0.271 e. The Kier molecular flexibility index (Phi) is 2.85. The molecule has 0 aromatic rings. The molecule has 1 rings (SSSR count). The van der Waals surface area contributed by atoms with Crippen molar-refractivity contribution in [1.29, 1.82) is 0 Å². The molecule has 0 radical (unpaired) electrons. The molecule has 7 heteroatoms. The summed E-state index contributed by atoms with van der Waals surface area (Å²) in [4.78, 5) is 22.6. The van der Waals surface area contributed by atoms with Crippen LogP contribution in [0.5, 0.6) is 0 Å². The Balaban J connectivity index is 3.06. The zero-order valence-electron chi connectivity index (χ0n) is 6.05. The van der Waals surface area contributed by atoms with Crippen LogP contribution in [-0.4, -0.2) is 30.7 Å². The molecule has 1 aliphatic heterocycles. The predicted octanol–water partition coefficient (Wildman–Crippen LogP) is 2.02. The van der Waals surface area contributed by atoms with Crippen LogP contribution in [0.1, 0.15) is 6.92 Å². The molecule has 4 nitrogen and oxygen atoms in total. The molecule has 1 fully saturated rings. The van der Waals surface area contributed by atoms with E-state index in [1.54, 1.807) is 6.92 Å². The molecule has 0 aromatic heterocycles. The molecule has 68 valence electrons. The quantitative estimate of drug-likeness (QED) is 0.406. The number of hydrogen-bond acceptors (Lipinski definition) is 2. The normalized spacial score (nSPS) is 30.3. The average Bonchev–Trinajstić information content (AvgIpc) is 2.22. The van der Waals surface area contributed by atoms with Gasteiger partial charge in [0, 0.05) is 5.33 Å². The fraction of sp³-hybridized carbons (Fsp3) is 0.600. The highest BCUT2D eigenvalue weighted by Crippen LogP contribution is 2.34. The summed E-state index contributed by atoms with van der Waals surface area (Å²) in [5, 5.41) is 0.387. The van der Waals surface area contributed by atoms with E-state index in [0.717, 1.165) is 3.93 Å². The number of imide groups is 1. The molecule has 1 aliphatic rings. The van der Waals surface area contributed by atoms with Crippen molar-refractivity contribution in [1.82, 2.24) is 7.85 Å². The standard InChI is InChI=1S/C5H5Br3N2O2/c1-5(2-6)3(11)9(7)4(12)10(5)8/h2H2,1H3. The van der Waals surface area contributed by atoms with E-state index in [0.29, 0.717) is 5.33 Å². The van der Waals surface area contributed by atoms with Crippen LogP contribution in [0.2, 0.25) is 0 Å². The van der Waals surface area contributed by atoms with E-state index in [9.17, 15) is 9.59 Å². The van der Waals surface area contributed by atoms with Gasteiger partial charge in [-0.1, -0.05) is 15.9 Å². The Labute approximate surface area is 95.1 Å². The van der Waals surface area contributed by atoms with Crippen molar-refractivity contribution in [3.63, 3.8) is 0 Å². The van der Waals surface area contributed by atoms with Crippen LogP contribution in [0, 0.1) is 0 Å². The lowest BCUT2D eigenvalue weighted by atomic mass is 10.1. The highest BCUT2D eigenvalue weighted by Gasteiger charge is 2.52. The summed E-state index contributed by atoms with van der Waals surface area (Å²) in [5.41, 5.74) is -0.847. The molecular weight excluding hydrogens is 360 g/mol. The number of hydrogen-bond donors (Lipinski definition) is 0. The minimum absolute atomic E-state index is 0.291. The van der Waals surface area contributed by atoms with Gasteiger partial charge in [0.1, 0.15) is 5.54 Å². The van der Waals surface area contributed by atoms with Crippen molar-refractivity contribution < 1.29 is 9.59 Å². The van der Waals surface area contributed by atoms with Crippen molar-refractivity contribution >= 4 is 60.2 Å². The van der Waals surface area contributed by atoms with Gasteiger partial charge >= 0.3 is 6.03 Å². The summed E-state index contributed by atoms with van der Waals surface area (Å²) >= 11 is 9.07. The zero-order chi connectivity index (χ0) is 9.52. The molecular formula is C5H5Br3N2O2. The Morgan fingerprint density at radius 1 is 1.42 bits per heavy atom. The fourth-order valence-corrected chi connectivity index (χ4v) is 2.80. The second kappa shape index (κ2) is 3.26. The highest BCUT2D eigenvalue weighted by molar-refractivity contribution is 9.09. The molecule has 12 heavy (non-hydrogen) atoms. The largest absolute Gasteiger partial charge is 0.348 e. The average molecular weight is 365 g/mol. The summed E-state index contributed by atoms with van der Waals surface area (Å²) in [5.74, 6) is -0.291. The third-order valence-electron chi connectivity index (χ3n) is 1.67. The van der Waals surface area contributed by atoms with Gasteiger partial charge in [-0.2, -0.15) is 3.93 Å². The predicted molar refractivity (Wildman–Crippen MR) is 54.1 cm³/mol. The molecule has 0 bridgehead atoms. The summed E-state index contributed by atoms with van der Waals surface area (Å²) in [6.07, 6.45) is 0. The van der Waals surface area contributed by atoms with Crippen molar-refractivity contribution in [3.05, 3.63) is 0 Å². The van der Waals surface area contributed by atoms with Gasteiger partial charge in [-0.15, -0.1) is 0 Å². The van der Waals surface area contributed by atoms with Gasteiger partial charge in [-0.25, -0.2) is 8.72 Å². The summed E-state index contributed by atoms with van der Waals surface area (Å²) in [6, 6.07) is -0.415. The first-order chi connectivity index (χ1) is 5.45. The van der Waals surface area contributed by atoms with E-state index >= 15 is 0 Å². The first kappa shape index (κ1) is 10.5. The Morgan fingerprint density at radius 3 is 2.08 bits per heavy atom. The highest BCUT2D eigenvalue weighted by atomic mass is 79.9. The number of alkyl halides is 1. The van der Waals surface area contributed by atoms with Gasteiger partial charge in [0.05, 0.1) is 32.3 Å². The SMILES string of the molecule is CC1(CBr)C(=O)N(Br)C(=O)N1Br. The lowest BCUT2D eigenvalue weighted by Crippen LogP contribution is -2.43. The van der Waals surface area contributed by atoms with Crippen LogP contribution < -0.4 is 0 Å². The molecule has 0 aromatic carbocycles. The van der Waals surface area contributed by atoms with Crippen molar-refractivity contribution in [2.45, 2.75) is 12.5 Å². The minimum atomic E-state index is -0.847. The second-order valence-corrected chi connectivity index (χ2v) is 4.54. The molecule has 0 spiro atoms. The number of amides is 3. The maximum atomic E-state index is 11.4. The van der Waals surface area contributed by atoms with Gasteiger partial charge in [-0.05, 0) is 6.92 Å². The Hall–Kier alpha value is 0.380. The van der Waals surface area contributed by atoms with Crippen LogP contribution in [0.25, 0.3) is 0 Å². The number of halogens is 3. The molecule has 1 unspecified atom stereocenters. The summed E-state index contributed by atoms with van der Waals surface area (Å²) in [7, 11) is 0. The molecule has 1 heterocycles. The first-order valence-electron chi connectivity index (χ1n) is 3.01. The molecule has 0 saturated carbocycles. The molecule has 1 atom stereocenters. The zero-order valence-corrected chi connectivity index (χ0v) is 10.8. The topological polar surface area (TPSA) is 40.6 Å². The van der Waals surface area contributed by atoms with E-state index in [1.165, 1.54) is 3.93 Å². The van der Waals surface area contributed by atoms with E-state index in [-0.39, 0.29) is 5.91 Å². The van der Waals surface area contributed by atoms with Crippen LogP contribution >= 0.6 is 48.2 Å². The smallest absolute Gasteiger partial charge is 0.271 e. The van der Waals surface area contributed by atoms with E-state index in [1.807, 2.05) is 0 Å². The number of urea groups is 1. The second-order valence-electron chi connectivity index (χ2n) is 2.56. The van der Waals surface area contributed by atoms with Crippen LogP contribution in [0.15, 0.2) is 0 Å². The van der Waals surface area contributed by atoms with Gasteiger partial charge in [-0.3, -0.25) is 4.79 Å². The molecule has 0 aliphatic carbocycles. The third kappa shape index (κ3) is 1.22. The molecule has 0 N–H and O–H groups in total. The number of carbonyl (C=O) groups excluding carboxylic acids is 2. The maximum absolute atomic E-state index is 11.4. The van der Waals surface area contributed by atoms with Crippen molar-refractivity contribution in [2.24, 2.45) is 0 Å². The third-order valence-corrected chi connectivity index (χ3v) is 4.47. The summed E-state index contributed by atoms with van der Waals surface area (Å²) in [6.45, 7) is 1.66. The maximum Gasteiger partial charge on any atom is 0.348 e. The van der Waals surface area contributed by atoms with E-state index in [4.69, 9.17) is 0 Å². The fourth-order valence-electron chi connectivity index (χ4n) is 0.780. The Morgan fingerprint density at radius 2 is 1.92 bits per heavy atom. The van der Waals surface area contributed by atoms with Crippen LogP contribution in [-0.2, 0) is 4.79 Å². The van der Waals surface area contributed by atoms with Gasteiger partial charge in [0.2, 0.25) is 0 Å². The lowest BCUT2D eigenvalue weighted by Gasteiger charge is -2.22. The monoisotopic (exact) mass is 362 g/mol. The summed E-state index contributed by atoms with van der Waals surface area (Å²) < 4.78 is 2.12. The Bertz CT molecular complexity index is 247. The van der Waals surface area contributed by atoms with Gasteiger partial charge < -0.3 is 0 Å². The van der Waals surface area contributed by atoms with Crippen LogP contribution in [0.4, 0.5) is 4.79 Å². The van der Waals surface area contributed by atoms with Crippen molar-refractivity contribution in [3.8, 4) is 0 Å². The van der Waals surface area contributed by atoms with Gasteiger partial charge in [0.15, 0.2) is 0 Å². The van der Waals surface area contributed by atoms with Crippen molar-refractivity contribution in [2.75, 3.05) is 5.33 Å². The van der Waals surface area contributed by atoms with Crippen LogP contribution in [0.3, 0.4) is 0 Å². The number of nitrogens with zero attached hydrogens (tertiary/aromatic N) is 2. The first-order valence-corrected chi connectivity index (χ1v) is 5.55. The van der Waals surface area contributed by atoms with E-state index in [2.05, 4.69) is 48.2 Å². The molecule has 3 amide bonds. The van der Waals surface area contributed by atoms with Gasteiger partial charge in [0.25, 0.3) is 5.91 Å².